The molecule has 1 heterocycles. The summed E-state index contributed by atoms with van der Waals surface area (Å²) in [6.45, 7) is 0. The van der Waals surface area contributed by atoms with Crippen LogP contribution in [0, 0.1) is 0 Å². The standard InChI is InChI=1S/C21H15N.Na.H/c1-2-5-15-9-18-12-20-13-21-16(6-3-7-22-21)10-19(20)11-17(18)8-14(15)4-1;;/h1-8,11-13H,9-10H2;;. The Bertz CT molecular complexity index is 949. The summed E-state index contributed by atoms with van der Waals surface area (Å²) < 4.78 is 0. The molecular formula is C21H16NNa. The van der Waals surface area contributed by atoms with Crippen LogP contribution >= 0.6 is 0 Å². The number of rotatable bonds is 0. The molecule has 2 aliphatic rings. The Balaban J connectivity index is 0.00000135. The van der Waals surface area contributed by atoms with Gasteiger partial charge in [0.15, 0.2) is 0 Å². The van der Waals surface area contributed by atoms with Crippen LogP contribution in [0.15, 0.2) is 54.7 Å². The van der Waals surface area contributed by atoms with Crippen LogP contribution in [0.4, 0.5) is 0 Å². The number of nitrogens with zero attached hydrogens (tertiary/aromatic N) is 1. The van der Waals surface area contributed by atoms with Crippen molar-refractivity contribution in [3.63, 3.8) is 0 Å². The van der Waals surface area contributed by atoms with Gasteiger partial charge in [-0.1, -0.05) is 42.5 Å². The second kappa shape index (κ2) is 5.76. The molecular weight excluding hydrogens is 289 g/mol. The van der Waals surface area contributed by atoms with Gasteiger partial charge in [-0.3, -0.25) is 4.98 Å². The first kappa shape index (κ1) is 14.9. The van der Waals surface area contributed by atoms with Gasteiger partial charge in [0.2, 0.25) is 0 Å². The molecule has 1 aromatic heterocycles. The molecule has 2 aliphatic carbocycles. The Morgan fingerprint density at radius 3 is 2.26 bits per heavy atom. The van der Waals surface area contributed by atoms with Crippen molar-refractivity contribution in [3.05, 3.63) is 98.7 Å². The molecule has 0 aliphatic heterocycles. The van der Waals surface area contributed by atoms with Crippen LogP contribution in [0.2, 0.25) is 0 Å². The Hall–Kier alpha value is -1.67. The summed E-state index contributed by atoms with van der Waals surface area (Å²) in [5.41, 5.74) is 8.06. The summed E-state index contributed by atoms with van der Waals surface area (Å²) in [5, 5.41) is 2.70. The van der Waals surface area contributed by atoms with Gasteiger partial charge in [0, 0.05) is 12.6 Å². The van der Waals surface area contributed by atoms with E-state index >= 15 is 0 Å². The van der Waals surface area contributed by atoms with Crippen LogP contribution < -0.4 is 10.4 Å². The van der Waals surface area contributed by atoms with E-state index in [0.29, 0.717) is 0 Å². The summed E-state index contributed by atoms with van der Waals surface area (Å²) in [6.07, 6.45) is 8.45. The average molecular weight is 305 g/mol. The van der Waals surface area contributed by atoms with Gasteiger partial charge in [-0.05, 0) is 62.9 Å². The van der Waals surface area contributed by atoms with Gasteiger partial charge >= 0.3 is 29.6 Å². The van der Waals surface area contributed by atoms with Gasteiger partial charge in [0.25, 0.3) is 0 Å². The van der Waals surface area contributed by atoms with E-state index in [2.05, 4.69) is 59.6 Å². The van der Waals surface area contributed by atoms with Crippen molar-refractivity contribution < 1.29 is 0 Å². The molecule has 0 unspecified atom stereocenters. The van der Waals surface area contributed by atoms with Gasteiger partial charge in [0.05, 0.1) is 5.69 Å². The van der Waals surface area contributed by atoms with E-state index in [0.717, 1.165) is 18.5 Å². The molecule has 0 saturated heterocycles. The third kappa shape index (κ3) is 2.49. The molecule has 0 fully saturated rings. The van der Waals surface area contributed by atoms with E-state index in [9.17, 15) is 0 Å². The van der Waals surface area contributed by atoms with Gasteiger partial charge in [-0.15, -0.1) is 0 Å². The van der Waals surface area contributed by atoms with Crippen LogP contribution in [0.3, 0.4) is 0 Å². The predicted octanol–water partition coefficient (Wildman–Crippen LogP) is 1.90. The van der Waals surface area contributed by atoms with Crippen LogP contribution in [0.1, 0.15) is 33.5 Å². The van der Waals surface area contributed by atoms with Gasteiger partial charge in [0.1, 0.15) is 0 Å². The first-order valence-electron chi connectivity index (χ1n) is 7.74. The Labute approximate surface area is 157 Å². The van der Waals surface area contributed by atoms with Crippen LogP contribution in [0.25, 0.3) is 12.2 Å². The number of hydrogen-bond donors (Lipinski definition) is 0. The van der Waals surface area contributed by atoms with Crippen molar-refractivity contribution in [1.82, 2.24) is 4.98 Å². The number of pyridine rings is 1. The molecule has 0 atom stereocenters. The minimum atomic E-state index is 0. The fourth-order valence-electron chi connectivity index (χ4n) is 3.59. The Morgan fingerprint density at radius 2 is 1.39 bits per heavy atom. The van der Waals surface area contributed by atoms with E-state index in [4.69, 9.17) is 0 Å². The summed E-state index contributed by atoms with van der Waals surface area (Å²) in [6, 6.07) is 17.6. The topological polar surface area (TPSA) is 12.9 Å². The number of hydrogen-bond acceptors (Lipinski definition) is 1. The fourth-order valence-corrected chi connectivity index (χ4v) is 3.59. The Morgan fingerprint density at radius 1 is 0.696 bits per heavy atom. The van der Waals surface area contributed by atoms with Crippen LogP contribution in [0.5, 0.6) is 0 Å². The third-order valence-electron chi connectivity index (χ3n) is 4.75. The molecule has 2 aromatic carbocycles. The SMILES string of the molecule is C1=c2cc3c(cc2Cc2ccccc21)=Cc1ncccc1C3.[NaH]. The predicted molar refractivity (Wildman–Crippen MR) is 96.3 cm³/mol. The molecule has 0 amide bonds. The number of fused-ring (bicyclic) bond motifs is 4. The van der Waals surface area contributed by atoms with Gasteiger partial charge < -0.3 is 0 Å². The van der Waals surface area contributed by atoms with E-state index in [-0.39, 0.29) is 29.6 Å². The second-order valence-electron chi connectivity index (χ2n) is 6.14. The zero-order valence-electron chi connectivity index (χ0n) is 12.2. The molecule has 5 rings (SSSR count). The molecule has 106 valence electrons. The zero-order valence-corrected chi connectivity index (χ0v) is 12.2. The first-order chi connectivity index (χ1) is 10.9. The van der Waals surface area contributed by atoms with Crippen molar-refractivity contribution in [3.8, 4) is 0 Å². The molecule has 3 aromatic rings. The van der Waals surface area contributed by atoms with Crippen molar-refractivity contribution in [2.75, 3.05) is 0 Å². The van der Waals surface area contributed by atoms with Crippen LogP contribution in [-0.2, 0) is 12.8 Å². The molecule has 0 spiro atoms. The normalized spacial score (nSPS) is 13.2. The maximum absolute atomic E-state index is 4.50. The van der Waals surface area contributed by atoms with Crippen molar-refractivity contribution in [1.29, 1.82) is 0 Å². The molecule has 23 heavy (non-hydrogen) atoms. The van der Waals surface area contributed by atoms with Gasteiger partial charge in [-0.25, -0.2) is 0 Å². The summed E-state index contributed by atoms with van der Waals surface area (Å²) in [7, 11) is 0. The summed E-state index contributed by atoms with van der Waals surface area (Å²) >= 11 is 0. The van der Waals surface area contributed by atoms with Crippen molar-refractivity contribution in [2.24, 2.45) is 0 Å². The number of aromatic nitrogens is 1. The summed E-state index contributed by atoms with van der Waals surface area (Å²) in [4.78, 5) is 4.50. The van der Waals surface area contributed by atoms with Crippen molar-refractivity contribution >= 4 is 41.7 Å². The number of benzene rings is 2. The molecule has 0 saturated carbocycles. The molecule has 0 N–H and O–H groups in total. The monoisotopic (exact) mass is 305 g/mol. The van der Waals surface area contributed by atoms with E-state index in [1.165, 1.54) is 38.3 Å². The molecule has 0 radical (unpaired) electrons. The molecule has 2 heteroatoms. The van der Waals surface area contributed by atoms with E-state index in [1.807, 2.05) is 12.3 Å². The first-order valence-corrected chi connectivity index (χ1v) is 7.74. The molecule has 0 bridgehead atoms. The average Bonchev–Trinajstić information content (AvgIpc) is 2.56. The Kier molecular flexibility index (Phi) is 3.73. The third-order valence-corrected chi connectivity index (χ3v) is 4.75. The summed E-state index contributed by atoms with van der Waals surface area (Å²) in [5.74, 6) is 0. The second-order valence-corrected chi connectivity index (χ2v) is 6.14. The fraction of sp³-hybridized carbons (Fsp3) is 0.0952. The minimum absolute atomic E-state index is 0. The van der Waals surface area contributed by atoms with Crippen LogP contribution in [-0.4, -0.2) is 34.5 Å². The van der Waals surface area contributed by atoms with Gasteiger partial charge in [-0.2, -0.15) is 0 Å². The zero-order chi connectivity index (χ0) is 14.5. The quantitative estimate of drug-likeness (QED) is 0.398. The van der Waals surface area contributed by atoms with Crippen molar-refractivity contribution in [2.45, 2.75) is 12.8 Å². The van der Waals surface area contributed by atoms with E-state index < -0.39 is 0 Å². The molecule has 1 nitrogen and oxygen atoms in total. The van der Waals surface area contributed by atoms with E-state index in [1.54, 1.807) is 0 Å². The maximum atomic E-state index is 4.50.